The van der Waals surface area contributed by atoms with Crippen molar-refractivity contribution in [2.75, 3.05) is 0 Å². The van der Waals surface area contributed by atoms with E-state index in [1.165, 1.54) is 0 Å². The van der Waals surface area contributed by atoms with Gasteiger partial charge in [0.1, 0.15) is 12.4 Å². The molecule has 2 nitrogen and oxygen atoms in total. The Morgan fingerprint density at radius 3 is 2.58 bits per heavy atom. The number of benzene rings is 2. The molecule has 0 atom stereocenters. The SMILES string of the molecule is NCc1ccc(COc2cc(Cl)ccc2Cl)c(Br)c1. The first kappa shape index (κ1) is 14.7. The lowest BCUT2D eigenvalue weighted by Crippen LogP contribution is -2.00. The lowest BCUT2D eigenvalue weighted by Gasteiger charge is -2.10. The van der Waals surface area contributed by atoms with Gasteiger partial charge < -0.3 is 10.5 Å². The van der Waals surface area contributed by atoms with Crippen LogP contribution in [0.15, 0.2) is 40.9 Å². The molecule has 0 amide bonds. The van der Waals surface area contributed by atoms with Gasteiger partial charge in [0.2, 0.25) is 0 Å². The number of hydrogen-bond donors (Lipinski definition) is 1. The highest BCUT2D eigenvalue weighted by Crippen LogP contribution is 2.29. The van der Waals surface area contributed by atoms with Crippen molar-refractivity contribution in [3.05, 3.63) is 62.0 Å². The minimum absolute atomic E-state index is 0.408. The third kappa shape index (κ3) is 3.86. The van der Waals surface area contributed by atoms with Gasteiger partial charge in [-0.25, -0.2) is 0 Å². The lowest BCUT2D eigenvalue weighted by molar-refractivity contribution is 0.305. The molecule has 2 aromatic rings. The zero-order valence-electron chi connectivity index (χ0n) is 10.00. The van der Waals surface area contributed by atoms with Crippen molar-refractivity contribution < 1.29 is 4.74 Å². The summed E-state index contributed by atoms with van der Waals surface area (Å²) in [6.07, 6.45) is 0. The van der Waals surface area contributed by atoms with Gasteiger partial charge in [0.15, 0.2) is 0 Å². The van der Waals surface area contributed by atoms with Crippen molar-refractivity contribution in [1.29, 1.82) is 0 Å². The normalized spacial score (nSPS) is 10.5. The van der Waals surface area contributed by atoms with Crippen molar-refractivity contribution in [2.24, 2.45) is 5.73 Å². The smallest absolute Gasteiger partial charge is 0.139 e. The minimum atomic E-state index is 0.408. The molecule has 0 fully saturated rings. The zero-order valence-corrected chi connectivity index (χ0v) is 13.1. The Balaban J connectivity index is 2.12. The summed E-state index contributed by atoms with van der Waals surface area (Å²) in [6.45, 7) is 0.922. The van der Waals surface area contributed by atoms with Gasteiger partial charge in [-0.3, -0.25) is 0 Å². The van der Waals surface area contributed by atoms with E-state index in [4.69, 9.17) is 33.7 Å². The number of nitrogens with two attached hydrogens (primary N) is 1. The molecule has 2 N–H and O–H groups in total. The predicted octanol–water partition coefficient (Wildman–Crippen LogP) is 4.79. The molecule has 0 unspecified atom stereocenters. The molecule has 100 valence electrons. The Hall–Kier alpha value is -0.740. The second-order valence-electron chi connectivity index (χ2n) is 3.99. The Bertz CT molecular complexity index is 590. The second kappa shape index (κ2) is 6.62. The number of ether oxygens (including phenoxy) is 1. The summed E-state index contributed by atoms with van der Waals surface area (Å²) in [5.41, 5.74) is 7.67. The largest absolute Gasteiger partial charge is 0.487 e. The zero-order chi connectivity index (χ0) is 13.8. The molecule has 2 aromatic carbocycles. The van der Waals surface area contributed by atoms with Gasteiger partial charge in [0, 0.05) is 27.7 Å². The standard InChI is InChI=1S/C14H12BrCl2NO/c15-12-5-9(7-18)1-2-10(12)8-19-14-6-11(16)3-4-13(14)17/h1-6H,7-8,18H2. The van der Waals surface area contributed by atoms with E-state index in [0.717, 1.165) is 15.6 Å². The summed E-state index contributed by atoms with van der Waals surface area (Å²) in [5, 5.41) is 1.14. The van der Waals surface area contributed by atoms with E-state index < -0.39 is 0 Å². The monoisotopic (exact) mass is 359 g/mol. The molecule has 2 rings (SSSR count). The second-order valence-corrected chi connectivity index (χ2v) is 5.69. The van der Waals surface area contributed by atoms with Crippen LogP contribution in [0.2, 0.25) is 10.0 Å². The molecular weight excluding hydrogens is 349 g/mol. The van der Waals surface area contributed by atoms with Crippen LogP contribution in [0.3, 0.4) is 0 Å². The fourth-order valence-electron chi connectivity index (χ4n) is 1.58. The molecule has 5 heteroatoms. The number of halogens is 3. The van der Waals surface area contributed by atoms with E-state index in [1.807, 2.05) is 18.2 Å². The van der Waals surface area contributed by atoms with Crippen LogP contribution in [0.5, 0.6) is 5.75 Å². The maximum absolute atomic E-state index is 6.04. The highest BCUT2D eigenvalue weighted by molar-refractivity contribution is 9.10. The molecule has 19 heavy (non-hydrogen) atoms. The van der Waals surface area contributed by atoms with Crippen LogP contribution in [-0.4, -0.2) is 0 Å². The number of hydrogen-bond acceptors (Lipinski definition) is 2. The maximum atomic E-state index is 6.04. The van der Waals surface area contributed by atoms with Gasteiger partial charge in [-0.2, -0.15) is 0 Å². The Kier molecular flexibility index (Phi) is 5.11. The van der Waals surface area contributed by atoms with Crippen molar-refractivity contribution in [3.8, 4) is 5.75 Å². The van der Waals surface area contributed by atoms with E-state index in [-0.39, 0.29) is 0 Å². The van der Waals surface area contributed by atoms with Crippen molar-refractivity contribution in [3.63, 3.8) is 0 Å². The molecule has 0 aromatic heterocycles. The molecule has 0 saturated heterocycles. The van der Waals surface area contributed by atoms with Gasteiger partial charge >= 0.3 is 0 Å². The Morgan fingerprint density at radius 2 is 1.89 bits per heavy atom. The molecule has 0 aliphatic heterocycles. The summed E-state index contributed by atoms with van der Waals surface area (Å²) >= 11 is 15.4. The summed E-state index contributed by atoms with van der Waals surface area (Å²) in [4.78, 5) is 0. The van der Waals surface area contributed by atoms with Crippen LogP contribution in [0.25, 0.3) is 0 Å². The highest BCUT2D eigenvalue weighted by atomic mass is 79.9. The lowest BCUT2D eigenvalue weighted by atomic mass is 10.1. The summed E-state index contributed by atoms with van der Waals surface area (Å²) in [5.74, 6) is 0.573. The quantitative estimate of drug-likeness (QED) is 0.850. The Morgan fingerprint density at radius 1 is 1.11 bits per heavy atom. The molecular formula is C14H12BrCl2NO. The predicted molar refractivity (Wildman–Crippen MR) is 82.8 cm³/mol. The molecule has 0 saturated carbocycles. The van der Waals surface area contributed by atoms with Gasteiger partial charge in [0.25, 0.3) is 0 Å². The first-order valence-electron chi connectivity index (χ1n) is 5.65. The summed E-state index contributed by atoms with van der Waals surface area (Å²) < 4.78 is 6.65. The Labute approximate surface area is 130 Å². The van der Waals surface area contributed by atoms with Crippen molar-refractivity contribution >= 4 is 39.1 Å². The van der Waals surface area contributed by atoms with Crippen molar-refractivity contribution in [1.82, 2.24) is 0 Å². The van der Waals surface area contributed by atoms with Crippen molar-refractivity contribution in [2.45, 2.75) is 13.2 Å². The summed E-state index contributed by atoms with van der Waals surface area (Å²) in [7, 11) is 0. The summed E-state index contributed by atoms with van der Waals surface area (Å²) in [6, 6.07) is 11.1. The average molecular weight is 361 g/mol. The maximum Gasteiger partial charge on any atom is 0.139 e. The third-order valence-corrected chi connectivity index (χ3v) is 3.92. The molecule has 0 spiro atoms. The van der Waals surface area contributed by atoms with Gasteiger partial charge in [-0.1, -0.05) is 51.3 Å². The third-order valence-electron chi connectivity index (χ3n) is 2.63. The molecule has 0 aliphatic carbocycles. The van der Waals surface area contributed by atoms with Crippen LogP contribution < -0.4 is 10.5 Å². The molecule has 0 bridgehead atoms. The van der Waals surface area contributed by atoms with E-state index in [0.29, 0.717) is 28.9 Å². The van der Waals surface area contributed by atoms with E-state index in [9.17, 15) is 0 Å². The van der Waals surface area contributed by atoms with Crippen LogP contribution in [0.4, 0.5) is 0 Å². The fourth-order valence-corrected chi connectivity index (χ4v) is 2.45. The first-order chi connectivity index (χ1) is 9.10. The van der Waals surface area contributed by atoms with Gasteiger partial charge in [0.05, 0.1) is 5.02 Å². The van der Waals surface area contributed by atoms with Crippen LogP contribution in [0, 0.1) is 0 Å². The number of rotatable bonds is 4. The van der Waals surface area contributed by atoms with Crippen LogP contribution in [-0.2, 0) is 13.2 Å². The van der Waals surface area contributed by atoms with E-state index in [2.05, 4.69) is 15.9 Å². The van der Waals surface area contributed by atoms with Gasteiger partial charge in [-0.05, 0) is 23.8 Å². The molecule has 0 heterocycles. The highest BCUT2D eigenvalue weighted by Gasteiger charge is 2.06. The average Bonchev–Trinajstić information content (AvgIpc) is 2.40. The topological polar surface area (TPSA) is 35.2 Å². The molecule has 0 aliphatic rings. The minimum Gasteiger partial charge on any atom is -0.487 e. The fraction of sp³-hybridized carbons (Fsp3) is 0.143. The van der Waals surface area contributed by atoms with E-state index in [1.54, 1.807) is 18.2 Å². The van der Waals surface area contributed by atoms with Gasteiger partial charge in [-0.15, -0.1) is 0 Å². The van der Waals surface area contributed by atoms with Crippen LogP contribution in [0.1, 0.15) is 11.1 Å². The van der Waals surface area contributed by atoms with Crippen LogP contribution >= 0.6 is 39.1 Å². The first-order valence-corrected chi connectivity index (χ1v) is 7.20. The molecule has 0 radical (unpaired) electrons. The van der Waals surface area contributed by atoms with E-state index >= 15 is 0 Å².